The van der Waals surface area contributed by atoms with E-state index in [0.717, 1.165) is 38.0 Å². The average molecular weight is 344 g/mol. The Labute approximate surface area is 146 Å². The molecule has 0 unspecified atom stereocenters. The van der Waals surface area contributed by atoms with Crippen LogP contribution in [0.2, 0.25) is 0 Å². The molecule has 3 heterocycles. The van der Waals surface area contributed by atoms with Crippen LogP contribution in [0.3, 0.4) is 0 Å². The van der Waals surface area contributed by atoms with E-state index in [0.29, 0.717) is 17.7 Å². The molecule has 2 aliphatic rings. The van der Waals surface area contributed by atoms with Crippen LogP contribution in [-0.4, -0.2) is 38.7 Å². The number of likely N-dealkylation sites (tertiary alicyclic amines) is 1. The Hall–Kier alpha value is -1.69. The maximum absolute atomic E-state index is 12.9. The molecule has 1 aliphatic carbocycles. The van der Waals surface area contributed by atoms with Gasteiger partial charge in [-0.05, 0) is 44.6 Å². The lowest BCUT2D eigenvalue weighted by Gasteiger charge is -2.32. The van der Waals surface area contributed by atoms with Gasteiger partial charge in [0.05, 0.1) is 16.9 Å². The highest BCUT2D eigenvalue weighted by Gasteiger charge is 2.47. The Kier molecular flexibility index (Phi) is 3.95. The second-order valence-electron chi connectivity index (χ2n) is 7.21. The fourth-order valence-corrected chi connectivity index (χ4v) is 4.80. The highest BCUT2D eigenvalue weighted by atomic mass is 32.1. The number of carbonyl (C=O) groups is 1. The summed E-state index contributed by atoms with van der Waals surface area (Å²) < 4.78 is 1.82. The van der Waals surface area contributed by atoms with Crippen LogP contribution in [0.25, 0.3) is 0 Å². The first kappa shape index (κ1) is 15.8. The summed E-state index contributed by atoms with van der Waals surface area (Å²) in [5.41, 5.74) is 2.34. The van der Waals surface area contributed by atoms with Crippen LogP contribution in [0, 0.1) is 19.8 Å². The molecule has 5 nitrogen and oxygen atoms in total. The molecule has 0 radical (unpaired) electrons. The second-order valence-corrected chi connectivity index (χ2v) is 8.45. The molecule has 2 fully saturated rings. The molecule has 0 aromatic carbocycles. The third-order valence-electron chi connectivity index (χ3n) is 5.39. The van der Waals surface area contributed by atoms with Gasteiger partial charge >= 0.3 is 0 Å². The molecule has 1 aliphatic heterocycles. The standard InChI is InChI=1S/C18H24N4OS/c1-11-12(2)24-17(20-11)13-5-4-6-22(10-13)18(23)16-7-15(16)14-8-19-21(3)9-14/h8-9,13,15-16H,4-7,10H2,1-3H3/t13-,15+,16+/m1/s1. The molecular formula is C18H24N4OS. The Morgan fingerprint density at radius 3 is 2.88 bits per heavy atom. The number of carbonyl (C=O) groups excluding carboxylic acids is 1. The van der Waals surface area contributed by atoms with Crippen LogP contribution in [-0.2, 0) is 11.8 Å². The molecule has 1 amide bonds. The van der Waals surface area contributed by atoms with E-state index in [9.17, 15) is 4.79 Å². The van der Waals surface area contributed by atoms with E-state index >= 15 is 0 Å². The number of hydrogen-bond acceptors (Lipinski definition) is 4. The van der Waals surface area contributed by atoms with Crippen molar-refractivity contribution in [3.8, 4) is 0 Å². The number of hydrogen-bond donors (Lipinski definition) is 0. The Morgan fingerprint density at radius 2 is 2.21 bits per heavy atom. The predicted octanol–water partition coefficient (Wildman–Crippen LogP) is 3.00. The molecule has 3 atom stereocenters. The van der Waals surface area contributed by atoms with Gasteiger partial charge in [-0.25, -0.2) is 4.98 Å². The summed E-state index contributed by atoms with van der Waals surface area (Å²) in [4.78, 5) is 21.0. The van der Waals surface area contributed by atoms with Crippen molar-refractivity contribution in [2.75, 3.05) is 13.1 Å². The van der Waals surface area contributed by atoms with Crippen molar-refractivity contribution in [3.63, 3.8) is 0 Å². The zero-order valence-corrected chi connectivity index (χ0v) is 15.3. The summed E-state index contributed by atoms with van der Waals surface area (Å²) in [6.45, 7) is 5.94. The fourth-order valence-electron chi connectivity index (χ4n) is 3.75. The minimum absolute atomic E-state index is 0.160. The molecule has 2 aromatic rings. The van der Waals surface area contributed by atoms with Crippen molar-refractivity contribution in [2.24, 2.45) is 13.0 Å². The predicted molar refractivity (Wildman–Crippen MR) is 94.2 cm³/mol. The number of aromatic nitrogens is 3. The SMILES string of the molecule is Cc1nc([C@@H]2CCCN(C(=O)[C@H]3C[C@H]3c3cnn(C)c3)C2)sc1C. The van der Waals surface area contributed by atoms with Gasteiger partial charge in [0.1, 0.15) is 0 Å². The fraction of sp³-hybridized carbons (Fsp3) is 0.611. The largest absolute Gasteiger partial charge is 0.342 e. The number of nitrogens with zero attached hydrogens (tertiary/aromatic N) is 4. The van der Waals surface area contributed by atoms with E-state index in [1.54, 1.807) is 11.3 Å². The maximum atomic E-state index is 12.9. The van der Waals surface area contributed by atoms with E-state index in [1.165, 1.54) is 15.4 Å². The number of aryl methyl sites for hydroxylation is 3. The van der Waals surface area contributed by atoms with E-state index in [-0.39, 0.29) is 5.92 Å². The van der Waals surface area contributed by atoms with Crippen molar-refractivity contribution in [2.45, 2.75) is 44.9 Å². The Morgan fingerprint density at radius 1 is 1.38 bits per heavy atom. The number of piperidine rings is 1. The molecule has 1 saturated heterocycles. The zero-order valence-electron chi connectivity index (χ0n) is 14.5. The van der Waals surface area contributed by atoms with Gasteiger partial charge in [-0.2, -0.15) is 5.10 Å². The Bertz CT molecular complexity index is 745. The van der Waals surface area contributed by atoms with Gasteiger partial charge in [-0.3, -0.25) is 9.48 Å². The van der Waals surface area contributed by atoms with Crippen LogP contribution in [0.5, 0.6) is 0 Å². The van der Waals surface area contributed by atoms with E-state index < -0.39 is 0 Å². The van der Waals surface area contributed by atoms with Crippen molar-refractivity contribution < 1.29 is 4.79 Å². The van der Waals surface area contributed by atoms with Gasteiger partial charge in [0, 0.05) is 43.0 Å². The van der Waals surface area contributed by atoms with Crippen LogP contribution in [0.1, 0.15) is 52.2 Å². The monoisotopic (exact) mass is 344 g/mol. The lowest BCUT2D eigenvalue weighted by atomic mass is 9.98. The van der Waals surface area contributed by atoms with Gasteiger partial charge in [-0.1, -0.05) is 0 Å². The molecule has 2 aromatic heterocycles. The topological polar surface area (TPSA) is 51.0 Å². The lowest BCUT2D eigenvalue weighted by Crippen LogP contribution is -2.40. The van der Waals surface area contributed by atoms with E-state index in [4.69, 9.17) is 4.98 Å². The highest BCUT2D eigenvalue weighted by Crippen LogP contribution is 2.48. The van der Waals surface area contributed by atoms with E-state index in [2.05, 4.69) is 23.8 Å². The number of amides is 1. The molecular weight excluding hydrogens is 320 g/mol. The van der Waals surface area contributed by atoms with Crippen molar-refractivity contribution >= 4 is 17.2 Å². The summed E-state index contributed by atoms with van der Waals surface area (Å²) >= 11 is 1.80. The molecule has 0 bridgehead atoms. The second kappa shape index (κ2) is 5.99. The van der Waals surface area contributed by atoms with Gasteiger partial charge in [0.2, 0.25) is 5.91 Å². The first-order chi connectivity index (χ1) is 11.5. The van der Waals surface area contributed by atoms with Crippen LogP contribution in [0.4, 0.5) is 0 Å². The van der Waals surface area contributed by atoms with Crippen LogP contribution >= 0.6 is 11.3 Å². The first-order valence-electron chi connectivity index (χ1n) is 8.74. The smallest absolute Gasteiger partial charge is 0.226 e. The molecule has 24 heavy (non-hydrogen) atoms. The van der Waals surface area contributed by atoms with Gasteiger partial charge in [0.15, 0.2) is 0 Å². The van der Waals surface area contributed by atoms with Crippen LogP contribution in [0.15, 0.2) is 12.4 Å². The normalized spacial score (nSPS) is 26.6. The molecule has 4 rings (SSSR count). The summed E-state index contributed by atoms with van der Waals surface area (Å²) in [7, 11) is 1.93. The third-order valence-corrected chi connectivity index (χ3v) is 6.62. The lowest BCUT2D eigenvalue weighted by molar-refractivity contribution is -0.133. The van der Waals surface area contributed by atoms with Crippen molar-refractivity contribution in [1.29, 1.82) is 0 Å². The minimum Gasteiger partial charge on any atom is -0.342 e. The summed E-state index contributed by atoms with van der Waals surface area (Å²) in [5, 5.41) is 5.44. The molecule has 0 spiro atoms. The Balaban J connectivity index is 1.42. The first-order valence-corrected chi connectivity index (χ1v) is 9.56. The average Bonchev–Trinajstić information content (AvgIpc) is 3.15. The maximum Gasteiger partial charge on any atom is 0.226 e. The van der Waals surface area contributed by atoms with Crippen LogP contribution < -0.4 is 0 Å². The van der Waals surface area contributed by atoms with Crippen molar-refractivity contribution in [3.05, 3.63) is 33.5 Å². The third kappa shape index (κ3) is 2.88. The number of thiazole rings is 1. The van der Waals surface area contributed by atoms with Gasteiger partial charge < -0.3 is 4.90 Å². The molecule has 128 valence electrons. The zero-order chi connectivity index (χ0) is 16.8. The minimum atomic E-state index is 0.160. The molecule has 0 N–H and O–H groups in total. The highest BCUT2D eigenvalue weighted by molar-refractivity contribution is 7.11. The quantitative estimate of drug-likeness (QED) is 0.860. The van der Waals surface area contributed by atoms with E-state index in [1.807, 2.05) is 24.1 Å². The molecule has 6 heteroatoms. The van der Waals surface area contributed by atoms with Gasteiger partial charge in [-0.15, -0.1) is 11.3 Å². The summed E-state index contributed by atoms with van der Waals surface area (Å²) in [6.07, 6.45) is 7.14. The van der Waals surface area contributed by atoms with Gasteiger partial charge in [0.25, 0.3) is 0 Å². The van der Waals surface area contributed by atoms with Crippen molar-refractivity contribution in [1.82, 2.24) is 19.7 Å². The summed E-state index contributed by atoms with van der Waals surface area (Å²) in [6, 6.07) is 0. The number of rotatable bonds is 3. The molecule has 1 saturated carbocycles. The summed E-state index contributed by atoms with van der Waals surface area (Å²) in [5.74, 6) is 1.28.